The van der Waals surface area contributed by atoms with E-state index in [-0.39, 0.29) is 18.6 Å². The molecule has 0 spiro atoms. The van der Waals surface area contributed by atoms with Gasteiger partial charge in [0.1, 0.15) is 0 Å². The second-order valence-corrected chi connectivity index (χ2v) is 4.73. The quantitative estimate of drug-likeness (QED) is 0.804. The monoisotopic (exact) mass is 334 g/mol. The highest BCUT2D eigenvalue weighted by Crippen LogP contribution is 2.06. The topological polar surface area (TPSA) is 62.2 Å². The van der Waals surface area contributed by atoms with E-state index < -0.39 is 0 Å². The summed E-state index contributed by atoms with van der Waals surface area (Å²) in [6.07, 6.45) is 4.63. The maximum absolute atomic E-state index is 11.8. The number of aliphatic hydroxyl groups is 1. The highest BCUT2D eigenvalue weighted by Gasteiger charge is 2.11. The smallest absolute Gasteiger partial charge is 0.253 e. The van der Waals surface area contributed by atoms with E-state index in [2.05, 4.69) is 32.9 Å². The van der Waals surface area contributed by atoms with Crippen molar-refractivity contribution in [1.82, 2.24) is 10.3 Å². The molecule has 1 atom stereocenters. The van der Waals surface area contributed by atoms with Crippen LogP contribution in [0.3, 0.4) is 0 Å². The van der Waals surface area contributed by atoms with E-state index in [0.29, 0.717) is 12.0 Å². The molecule has 1 amide bonds. The molecular formula is C11H15IN2O2. The summed E-state index contributed by atoms with van der Waals surface area (Å²) in [5, 5.41) is 11.7. The van der Waals surface area contributed by atoms with Gasteiger partial charge in [0.2, 0.25) is 0 Å². The number of aromatic nitrogens is 1. The lowest BCUT2D eigenvalue weighted by molar-refractivity contribution is 0.0928. The number of carbonyl (C=O) groups is 1. The molecule has 0 aliphatic rings. The molecule has 0 saturated heterocycles. The first-order valence-corrected chi connectivity index (χ1v) is 6.27. The minimum absolute atomic E-state index is 0.0235. The summed E-state index contributed by atoms with van der Waals surface area (Å²) in [6, 6.07) is 1.81. The maximum atomic E-state index is 11.8. The molecule has 4 nitrogen and oxygen atoms in total. The average Bonchev–Trinajstić information content (AvgIpc) is 2.28. The summed E-state index contributed by atoms with van der Waals surface area (Å²) in [4.78, 5) is 15.8. The number of aliphatic hydroxyl groups excluding tert-OH is 1. The third-order valence-corrected chi connectivity index (χ3v) is 2.86. The van der Waals surface area contributed by atoms with E-state index in [1.807, 2.05) is 6.92 Å². The van der Waals surface area contributed by atoms with Crippen LogP contribution in [-0.4, -0.2) is 28.6 Å². The number of nitrogens with zero attached hydrogens (tertiary/aromatic N) is 1. The fraction of sp³-hybridized carbons (Fsp3) is 0.455. The number of halogens is 1. The van der Waals surface area contributed by atoms with Crippen molar-refractivity contribution in [1.29, 1.82) is 0 Å². The van der Waals surface area contributed by atoms with Gasteiger partial charge in [-0.25, -0.2) is 0 Å². The van der Waals surface area contributed by atoms with E-state index in [1.165, 1.54) is 0 Å². The van der Waals surface area contributed by atoms with Crippen LogP contribution in [0, 0.1) is 3.57 Å². The van der Waals surface area contributed by atoms with Crippen molar-refractivity contribution in [3.05, 3.63) is 27.6 Å². The summed E-state index contributed by atoms with van der Waals surface area (Å²) < 4.78 is 0.931. The summed E-state index contributed by atoms with van der Waals surface area (Å²) in [5.41, 5.74) is 0.559. The highest BCUT2D eigenvalue weighted by atomic mass is 127. The van der Waals surface area contributed by atoms with Crippen molar-refractivity contribution in [2.75, 3.05) is 6.61 Å². The minimum Gasteiger partial charge on any atom is -0.396 e. The van der Waals surface area contributed by atoms with Crippen LogP contribution in [0.2, 0.25) is 0 Å². The lowest BCUT2D eigenvalue weighted by Gasteiger charge is -2.15. The van der Waals surface area contributed by atoms with Crippen LogP contribution in [-0.2, 0) is 0 Å². The highest BCUT2D eigenvalue weighted by molar-refractivity contribution is 14.1. The fourth-order valence-electron chi connectivity index (χ4n) is 1.34. The summed E-state index contributed by atoms with van der Waals surface area (Å²) in [5.74, 6) is -0.133. The first-order chi connectivity index (χ1) is 7.67. The van der Waals surface area contributed by atoms with Gasteiger partial charge in [-0.1, -0.05) is 6.92 Å². The number of pyridine rings is 1. The fourth-order valence-corrected chi connectivity index (χ4v) is 1.84. The summed E-state index contributed by atoms with van der Waals surface area (Å²) in [7, 11) is 0. The predicted molar refractivity (Wildman–Crippen MR) is 70.2 cm³/mol. The third-order valence-electron chi connectivity index (χ3n) is 2.27. The van der Waals surface area contributed by atoms with Gasteiger partial charge in [-0.2, -0.15) is 0 Å². The molecule has 5 heteroatoms. The first kappa shape index (κ1) is 13.4. The van der Waals surface area contributed by atoms with Crippen LogP contribution in [0.1, 0.15) is 30.1 Å². The molecule has 1 aromatic heterocycles. The van der Waals surface area contributed by atoms with Crippen molar-refractivity contribution in [3.63, 3.8) is 0 Å². The van der Waals surface area contributed by atoms with Gasteiger partial charge in [-0.05, 0) is 41.5 Å². The Morgan fingerprint density at radius 1 is 1.62 bits per heavy atom. The number of rotatable bonds is 5. The van der Waals surface area contributed by atoms with E-state index in [9.17, 15) is 4.79 Å². The van der Waals surface area contributed by atoms with E-state index >= 15 is 0 Å². The molecule has 1 aromatic rings. The molecule has 0 fully saturated rings. The molecule has 16 heavy (non-hydrogen) atoms. The predicted octanol–water partition coefficient (Wildman–Crippen LogP) is 1.58. The third kappa shape index (κ3) is 4.05. The Kier molecular flexibility index (Phi) is 5.68. The summed E-state index contributed by atoms with van der Waals surface area (Å²) in [6.45, 7) is 2.07. The van der Waals surface area contributed by atoms with E-state index in [0.717, 1.165) is 9.99 Å². The minimum atomic E-state index is -0.133. The number of amides is 1. The van der Waals surface area contributed by atoms with Crippen LogP contribution in [0.4, 0.5) is 0 Å². The normalized spacial score (nSPS) is 12.2. The molecule has 88 valence electrons. The van der Waals surface area contributed by atoms with Gasteiger partial charge in [0.05, 0.1) is 5.56 Å². The maximum Gasteiger partial charge on any atom is 0.253 e. The van der Waals surface area contributed by atoms with Crippen molar-refractivity contribution in [2.24, 2.45) is 0 Å². The molecule has 0 bridgehead atoms. The number of nitrogens with one attached hydrogen (secondary N) is 1. The lowest BCUT2D eigenvalue weighted by Crippen LogP contribution is -2.35. The SMILES string of the molecule is CCC(CCO)NC(=O)c1cncc(I)c1. The van der Waals surface area contributed by atoms with Gasteiger partial charge >= 0.3 is 0 Å². The molecule has 0 saturated carbocycles. The van der Waals surface area contributed by atoms with Crippen molar-refractivity contribution >= 4 is 28.5 Å². The molecule has 1 unspecified atom stereocenters. The van der Waals surface area contributed by atoms with E-state index in [4.69, 9.17) is 5.11 Å². The number of hydrogen-bond donors (Lipinski definition) is 2. The van der Waals surface area contributed by atoms with Gasteiger partial charge in [0, 0.05) is 28.6 Å². The summed E-state index contributed by atoms with van der Waals surface area (Å²) >= 11 is 2.12. The Hall–Kier alpha value is -0.690. The van der Waals surface area contributed by atoms with Crippen LogP contribution in [0.5, 0.6) is 0 Å². The van der Waals surface area contributed by atoms with E-state index in [1.54, 1.807) is 18.5 Å². The standard InChI is InChI=1S/C11H15IN2O2/c1-2-10(3-4-15)14-11(16)8-5-9(12)7-13-6-8/h5-7,10,15H,2-4H2,1H3,(H,14,16). The largest absolute Gasteiger partial charge is 0.396 e. The molecule has 2 N–H and O–H groups in total. The van der Waals surface area contributed by atoms with Gasteiger partial charge in [0.15, 0.2) is 0 Å². The van der Waals surface area contributed by atoms with Crippen LogP contribution < -0.4 is 5.32 Å². The van der Waals surface area contributed by atoms with Gasteiger partial charge in [0.25, 0.3) is 5.91 Å². The Morgan fingerprint density at radius 2 is 2.38 bits per heavy atom. The Balaban J connectivity index is 2.64. The Labute approximate surface area is 109 Å². The van der Waals surface area contributed by atoms with Gasteiger partial charge < -0.3 is 10.4 Å². The van der Waals surface area contributed by atoms with Crippen molar-refractivity contribution < 1.29 is 9.90 Å². The second-order valence-electron chi connectivity index (χ2n) is 3.48. The first-order valence-electron chi connectivity index (χ1n) is 5.19. The van der Waals surface area contributed by atoms with Crippen LogP contribution in [0.15, 0.2) is 18.5 Å². The molecule has 0 aliphatic carbocycles. The van der Waals surface area contributed by atoms with Crippen LogP contribution in [0.25, 0.3) is 0 Å². The Morgan fingerprint density at radius 3 is 2.94 bits per heavy atom. The number of carbonyl (C=O) groups excluding carboxylic acids is 1. The molecule has 1 rings (SSSR count). The van der Waals surface area contributed by atoms with Gasteiger partial charge in [-0.3, -0.25) is 9.78 Å². The molecule has 1 heterocycles. The van der Waals surface area contributed by atoms with Crippen molar-refractivity contribution in [3.8, 4) is 0 Å². The molecule has 0 aliphatic heterocycles. The second kappa shape index (κ2) is 6.80. The zero-order chi connectivity index (χ0) is 12.0. The lowest BCUT2D eigenvalue weighted by atomic mass is 10.1. The Bertz CT molecular complexity index is 358. The number of hydrogen-bond acceptors (Lipinski definition) is 3. The van der Waals surface area contributed by atoms with Crippen molar-refractivity contribution in [2.45, 2.75) is 25.8 Å². The average molecular weight is 334 g/mol. The van der Waals surface area contributed by atoms with Gasteiger partial charge in [-0.15, -0.1) is 0 Å². The molecule has 0 aromatic carbocycles. The molecular weight excluding hydrogens is 319 g/mol. The zero-order valence-corrected chi connectivity index (χ0v) is 11.3. The zero-order valence-electron chi connectivity index (χ0n) is 9.11. The van der Waals surface area contributed by atoms with Crippen LogP contribution >= 0.6 is 22.6 Å². The molecule has 0 radical (unpaired) electrons.